The molecule has 0 aromatic heterocycles. The van der Waals surface area contributed by atoms with E-state index in [0.717, 1.165) is 26.2 Å². The number of hydrogen-bond acceptors (Lipinski definition) is 4. The minimum absolute atomic E-state index is 0.153. The fourth-order valence-corrected chi connectivity index (χ4v) is 3.26. The third-order valence-corrected chi connectivity index (χ3v) is 4.66. The maximum Gasteiger partial charge on any atom is 0.0702 e. The van der Waals surface area contributed by atoms with Crippen molar-refractivity contribution in [2.24, 2.45) is 5.73 Å². The summed E-state index contributed by atoms with van der Waals surface area (Å²) in [6, 6.07) is 0.630. The molecule has 2 aliphatic rings. The van der Waals surface area contributed by atoms with Crippen LogP contribution >= 0.6 is 0 Å². The van der Waals surface area contributed by atoms with Crippen LogP contribution in [0.15, 0.2) is 0 Å². The Bertz CT molecular complexity index is 243. The lowest BCUT2D eigenvalue weighted by atomic mass is 9.94. The largest absolute Gasteiger partial charge is 0.377 e. The Morgan fingerprint density at radius 2 is 2.29 bits per heavy atom. The molecular weight excluding hydrogens is 214 g/mol. The SMILES string of the molecule is CC1CC(CN)(N(C)CC2CCCO2)CN1C. The summed E-state index contributed by atoms with van der Waals surface area (Å²) < 4.78 is 5.73. The second kappa shape index (κ2) is 5.22. The molecule has 2 N–H and O–H groups in total. The minimum Gasteiger partial charge on any atom is -0.377 e. The predicted molar refractivity (Wildman–Crippen MR) is 70.1 cm³/mol. The number of nitrogens with zero attached hydrogens (tertiary/aromatic N) is 2. The molecule has 0 radical (unpaired) electrons. The quantitative estimate of drug-likeness (QED) is 0.779. The summed E-state index contributed by atoms with van der Waals surface area (Å²) in [6.45, 7) is 6.07. The molecule has 2 aliphatic heterocycles. The Balaban J connectivity index is 1.97. The van der Waals surface area contributed by atoms with E-state index in [1.165, 1.54) is 19.3 Å². The van der Waals surface area contributed by atoms with Crippen LogP contribution in [0.3, 0.4) is 0 Å². The molecule has 4 nitrogen and oxygen atoms in total. The predicted octanol–water partition coefficient (Wildman–Crippen LogP) is 0.519. The van der Waals surface area contributed by atoms with Gasteiger partial charge in [0.05, 0.1) is 6.10 Å². The van der Waals surface area contributed by atoms with Gasteiger partial charge in [-0.05, 0) is 40.3 Å². The van der Waals surface area contributed by atoms with Crippen molar-refractivity contribution in [1.82, 2.24) is 9.80 Å². The summed E-state index contributed by atoms with van der Waals surface area (Å²) >= 11 is 0. The normalized spacial score (nSPS) is 39.4. The van der Waals surface area contributed by atoms with Gasteiger partial charge in [0.25, 0.3) is 0 Å². The average molecular weight is 241 g/mol. The van der Waals surface area contributed by atoms with Crippen molar-refractivity contribution in [3.8, 4) is 0 Å². The fraction of sp³-hybridized carbons (Fsp3) is 1.00. The number of nitrogens with two attached hydrogens (primary N) is 1. The Labute approximate surface area is 105 Å². The van der Waals surface area contributed by atoms with Gasteiger partial charge in [-0.15, -0.1) is 0 Å². The highest BCUT2D eigenvalue weighted by Crippen LogP contribution is 2.30. The van der Waals surface area contributed by atoms with Gasteiger partial charge in [-0.25, -0.2) is 0 Å². The van der Waals surface area contributed by atoms with E-state index in [-0.39, 0.29) is 5.54 Å². The van der Waals surface area contributed by atoms with Gasteiger partial charge in [0, 0.05) is 37.8 Å². The van der Waals surface area contributed by atoms with E-state index >= 15 is 0 Å². The highest BCUT2D eigenvalue weighted by Gasteiger charge is 2.43. The average Bonchev–Trinajstić information content (AvgIpc) is 2.89. The van der Waals surface area contributed by atoms with E-state index in [0.29, 0.717) is 12.1 Å². The molecule has 2 saturated heterocycles. The second-order valence-corrected chi connectivity index (χ2v) is 5.91. The monoisotopic (exact) mass is 241 g/mol. The summed E-state index contributed by atoms with van der Waals surface area (Å²) in [7, 11) is 4.41. The third kappa shape index (κ3) is 2.65. The number of hydrogen-bond donors (Lipinski definition) is 1. The molecule has 3 unspecified atom stereocenters. The molecule has 0 aromatic rings. The van der Waals surface area contributed by atoms with Gasteiger partial charge >= 0.3 is 0 Å². The molecule has 2 heterocycles. The van der Waals surface area contributed by atoms with Gasteiger partial charge in [-0.2, -0.15) is 0 Å². The van der Waals surface area contributed by atoms with Crippen molar-refractivity contribution in [3.63, 3.8) is 0 Å². The van der Waals surface area contributed by atoms with Crippen LogP contribution in [-0.2, 0) is 4.74 Å². The molecule has 3 atom stereocenters. The minimum atomic E-state index is 0.153. The van der Waals surface area contributed by atoms with E-state index in [9.17, 15) is 0 Å². The van der Waals surface area contributed by atoms with Gasteiger partial charge in [0.1, 0.15) is 0 Å². The van der Waals surface area contributed by atoms with Crippen LogP contribution in [-0.4, -0.2) is 67.8 Å². The van der Waals surface area contributed by atoms with Gasteiger partial charge in [-0.3, -0.25) is 4.90 Å². The lowest BCUT2D eigenvalue weighted by Gasteiger charge is -2.39. The molecule has 0 spiro atoms. The van der Waals surface area contributed by atoms with Crippen molar-refractivity contribution < 1.29 is 4.74 Å². The van der Waals surface area contributed by atoms with Crippen molar-refractivity contribution in [3.05, 3.63) is 0 Å². The lowest BCUT2D eigenvalue weighted by Crippen LogP contribution is -2.55. The van der Waals surface area contributed by atoms with Crippen LogP contribution < -0.4 is 5.73 Å². The van der Waals surface area contributed by atoms with Gasteiger partial charge in [0.15, 0.2) is 0 Å². The zero-order valence-electron chi connectivity index (χ0n) is 11.5. The molecular formula is C13H27N3O. The Hall–Kier alpha value is -0.160. The Morgan fingerprint density at radius 3 is 2.76 bits per heavy atom. The maximum absolute atomic E-state index is 6.06. The van der Waals surface area contributed by atoms with Gasteiger partial charge in [-0.1, -0.05) is 0 Å². The molecule has 17 heavy (non-hydrogen) atoms. The van der Waals surface area contributed by atoms with E-state index in [4.69, 9.17) is 10.5 Å². The molecule has 100 valence electrons. The van der Waals surface area contributed by atoms with Crippen molar-refractivity contribution in [2.75, 3.05) is 40.3 Å². The fourth-order valence-electron chi connectivity index (χ4n) is 3.26. The summed E-state index contributed by atoms with van der Waals surface area (Å²) in [5.41, 5.74) is 6.21. The van der Waals surface area contributed by atoms with Crippen LogP contribution in [0.1, 0.15) is 26.2 Å². The molecule has 2 fully saturated rings. The zero-order valence-corrected chi connectivity index (χ0v) is 11.5. The van der Waals surface area contributed by atoms with E-state index < -0.39 is 0 Å². The topological polar surface area (TPSA) is 41.7 Å². The van der Waals surface area contributed by atoms with Gasteiger partial charge < -0.3 is 15.4 Å². The van der Waals surface area contributed by atoms with Crippen LogP contribution in [0.2, 0.25) is 0 Å². The number of likely N-dealkylation sites (N-methyl/N-ethyl adjacent to an activating group) is 2. The molecule has 0 saturated carbocycles. The molecule has 0 bridgehead atoms. The number of rotatable bonds is 4. The molecule has 0 aliphatic carbocycles. The highest BCUT2D eigenvalue weighted by atomic mass is 16.5. The number of ether oxygens (including phenoxy) is 1. The first-order chi connectivity index (χ1) is 8.07. The second-order valence-electron chi connectivity index (χ2n) is 5.91. The third-order valence-electron chi connectivity index (χ3n) is 4.66. The summed E-state index contributed by atoms with van der Waals surface area (Å²) in [5, 5.41) is 0. The first-order valence-electron chi connectivity index (χ1n) is 6.80. The van der Waals surface area contributed by atoms with Crippen LogP contribution in [0.4, 0.5) is 0 Å². The van der Waals surface area contributed by atoms with Crippen LogP contribution in [0, 0.1) is 0 Å². The van der Waals surface area contributed by atoms with Crippen molar-refractivity contribution >= 4 is 0 Å². The van der Waals surface area contributed by atoms with E-state index in [2.05, 4.69) is 30.8 Å². The highest BCUT2D eigenvalue weighted by molar-refractivity contribution is 5.02. The first kappa shape index (κ1) is 13.3. The lowest BCUT2D eigenvalue weighted by molar-refractivity contribution is 0.0406. The molecule has 0 amide bonds. The summed E-state index contributed by atoms with van der Waals surface area (Å²) in [6.07, 6.45) is 4.01. The van der Waals surface area contributed by atoms with Crippen LogP contribution in [0.25, 0.3) is 0 Å². The van der Waals surface area contributed by atoms with Crippen LogP contribution in [0.5, 0.6) is 0 Å². The van der Waals surface area contributed by atoms with Gasteiger partial charge in [0.2, 0.25) is 0 Å². The van der Waals surface area contributed by atoms with Crippen molar-refractivity contribution in [2.45, 2.75) is 43.9 Å². The Morgan fingerprint density at radius 1 is 1.53 bits per heavy atom. The standard InChI is InChI=1S/C13H27N3O/c1-11-7-13(9-14,10-15(11)2)16(3)8-12-5-4-6-17-12/h11-12H,4-10,14H2,1-3H3. The smallest absolute Gasteiger partial charge is 0.0702 e. The first-order valence-corrected chi connectivity index (χ1v) is 6.80. The molecule has 4 heteroatoms. The Kier molecular flexibility index (Phi) is 4.08. The van der Waals surface area contributed by atoms with Crippen molar-refractivity contribution in [1.29, 1.82) is 0 Å². The van der Waals surface area contributed by atoms with E-state index in [1.54, 1.807) is 0 Å². The maximum atomic E-state index is 6.06. The molecule has 2 rings (SSSR count). The zero-order chi connectivity index (χ0) is 12.5. The summed E-state index contributed by atoms with van der Waals surface area (Å²) in [5.74, 6) is 0. The molecule has 0 aromatic carbocycles. The number of likely N-dealkylation sites (tertiary alicyclic amines) is 1. The van der Waals surface area contributed by atoms with E-state index in [1.807, 2.05) is 0 Å². The summed E-state index contributed by atoms with van der Waals surface area (Å²) in [4.78, 5) is 4.86.